The molecule has 1 rings (SSSR count). The van der Waals surface area contributed by atoms with E-state index in [0.29, 0.717) is 0 Å². The Bertz CT molecular complexity index is 341. The van der Waals surface area contributed by atoms with Crippen LogP contribution in [0.1, 0.15) is 66.2 Å². The van der Waals surface area contributed by atoms with E-state index in [9.17, 15) is 0 Å². The molecule has 0 aliphatic rings. The van der Waals surface area contributed by atoms with Crippen molar-refractivity contribution in [2.75, 3.05) is 0 Å². The molecule has 0 bridgehead atoms. The van der Waals surface area contributed by atoms with Gasteiger partial charge in [-0.1, -0.05) is 0 Å². The summed E-state index contributed by atoms with van der Waals surface area (Å²) in [6.07, 6.45) is 7.93. The van der Waals surface area contributed by atoms with Crippen LogP contribution in [0.2, 0.25) is 13.3 Å². The molecule has 0 spiro atoms. The van der Waals surface area contributed by atoms with Gasteiger partial charge in [-0.2, -0.15) is 0 Å². The second-order valence-electron chi connectivity index (χ2n) is 6.23. The van der Waals surface area contributed by atoms with E-state index in [4.69, 9.17) is 1.37 Å². The number of rotatable bonds is 11. The Morgan fingerprint density at radius 1 is 0.800 bits per heavy atom. The monoisotopic (exact) mass is 383 g/mol. The summed E-state index contributed by atoms with van der Waals surface area (Å²) in [5.41, 5.74) is 1.30. The third-order valence-electron chi connectivity index (χ3n) is 4.36. The Morgan fingerprint density at radius 2 is 1.25 bits per heavy atom. The Hall–Kier alpha value is 0.0187. The molecule has 0 aliphatic heterocycles. The molecule has 0 unspecified atom stereocenters. The van der Waals surface area contributed by atoms with Gasteiger partial charge >= 0.3 is 133 Å². The fourth-order valence-corrected chi connectivity index (χ4v) is 18.1. The summed E-state index contributed by atoms with van der Waals surface area (Å²) >= 11 is -2.42. The molecule has 0 heterocycles. The number of hydrogen-bond donors (Lipinski definition) is 0. The first-order valence-corrected chi connectivity index (χ1v) is 16.4. The van der Waals surface area contributed by atoms with Crippen molar-refractivity contribution >= 4 is 18.4 Å². The Balaban J connectivity index is 2.99. The Labute approximate surface area is 132 Å². The van der Waals surface area contributed by atoms with Gasteiger partial charge in [-0.05, 0) is 0 Å². The molecule has 0 aromatic heterocycles. The van der Waals surface area contributed by atoms with Crippen LogP contribution >= 0.6 is 0 Å². The first-order chi connectivity index (χ1) is 10.2. The van der Waals surface area contributed by atoms with Crippen LogP contribution in [-0.4, -0.2) is 18.4 Å². The molecule has 0 N–H and O–H groups in total. The summed E-state index contributed by atoms with van der Waals surface area (Å²) in [4.78, 5) is 0. The van der Waals surface area contributed by atoms with E-state index < -0.39 is 18.4 Å². The molecule has 1 heteroatoms. The fraction of sp³-hybridized carbons (Fsp3) is 0.684. The van der Waals surface area contributed by atoms with Crippen molar-refractivity contribution in [3.05, 3.63) is 35.9 Å². The van der Waals surface area contributed by atoms with E-state index in [1.54, 1.807) is 0 Å². The van der Waals surface area contributed by atoms with Gasteiger partial charge in [0.05, 0.1) is 0 Å². The second kappa shape index (κ2) is 10.7. The SMILES string of the molecule is [2H][C@@H](c1ccccc1)[Sn]([CH2]CCC)([CH2]CCC)[CH2]CCC. The van der Waals surface area contributed by atoms with Gasteiger partial charge in [-0.15, -0.1) is 0 Å². The van der Waals surface area contributed by atoms with Crippen LogP contribution in [0, 0.1) is 0 Å². The topological polar surface area (TPSA) is 0 Å². The van der Waals surface area contributed by atoms with Crippen molar-refractivity contribution in [1.29, 1.82) is 0 Å². The predicted molar refractivity (Wildman–Crippen MR) is 95.0 cm³/mol. The molecule has 0 amide bonds. The molecule has 0 saturated carbocycles. The number of unbranched alkanes of at least 4 members (excludes halogenated alkanes) is 3. The van der Waals surface area contributed by atoms with Gasteiger partial charge in [-0.3, -0.25) is 0 Å². The minimum atomic E-state index is -2.42. The van der Waals surface area contributed by atoms with E-state index in [1.165, 1.54) is 57.4 Å². The summed E-state index contributed by atoms with van der Waals surface area (Å²) in [6.45, 7) is 6.91. The number of hydrogen-bond acceptors (Lipinski definition) is 0. The van der Waals surface area contributed by atoms with Crippen molar-refractivity contribution in [3.63, 3.8) is 0 Å². The molecule has 114 valence electrons. The van der Waals surface area contributed by atoms with Crippen molar-refractivity contribution in [1.82, 2.24) is 0 Å². The minimum absolute atomic E-state index is 0.144. The molecule has 0 aliphatic carbocycles. The van der Waals surface area contributed by atoms with Crippen LogP contribution < -0.4 is 0 Å². The zero-order chi connectivity index (χ0) is 15.6. The molecular weight excluding hydrogens is 347 g/mol. The van der Waals surface area contributed by atoms with E-state index in [0.717, 1.165) is 0 Å². The predicted octanol–water partition coefficient (Wildman–Crippen LogP) is 6.62. The fourth-order valence-electron chi connectivity index (χ4n) is 3.08. The molecule has 20 heavy (non-hydrogen) atoms. The molecule has 1 atom stereocenters. The van der Waals surface area contributed by atoms with Gasteiger partial charge < -0.3 is 0 Å². The van der Waals surface area contributed by atoms with Gasteiger partial charge in [-0.25, -0.2) is 0 Å². The van der Waals surface area contributed by atoms with Crippen LogP contribution in [0.5, 0.6) is 0 Å². The molecular formula is C19H34Sn. The third kappa shape index (κ3) is 6.65. The average Bonchev–Trinajstić information content (AvgIpc) is 2.55. The summed E-state index contributed by atoms with van der Waals surface area (Å²) in [5, 5.41) is 0. The van der Waals surface area contributed by atoms with Crippen LogP contribution in [0.3, 0.4) is 0 Å². The van der Waals surface area contributed by atoms with Crippen LogP contribution in [0.15, 0.2) is 30.3 Å². The van der Waals surface area contributed by atoms with Crippen molar-refractivity contribution in [2.24, 2.45) is 0 Å². The Morgan fingerprint density at radius 3 is 1.65 bits per heavy atom. The maximum absolute atomic E-state index is 9.05. The third-order valence-corrected chi connectivity index (χ3v) is 18.6. The molecule has 1 aromatic carbocycles. The molecule has 0 saturated heterocycles. The Kier molecular flexibility index (Phi) is 8.77. The first-order valence-electron chi connectivity index (χ1n) is 9.25. The average molecular weight is 382 g/mol. The second-order valence-corrected chi connectivity index (χ2v) is 19.1. The standard InChI is InChI=1S/C7H7.3C4H9.Sn/c1-7-5-3-2-4-6-7;3*1-3-4-2;/h2-6H,1H2;3*1,3-4H2,2H3;/i1D;;;;. The molecule has 0 fully saturated rings. The van der Waals surface area contributed by atoms with E-state index in [-0.39, 0.29) is 4.41 Å². The van der Waals surface area contributed by atoms with Gasteiger partial charge in [0.2, 0.25) is 0 Å². The summed E-state index contributed by atoms with van der Waals surface area (Å²) in [5.74, 6) is 0. The van der Waals surface area contributed by atoms with E-state index in [1.807, 2.05) is 0 Å². The quantitative estimate of drug-likeness (QED) is 0.378. The van der Waals surface area contributed by atoms with Gasteiger partial charge in [0.1, 0.15) is 0 Å². The van der Waals surface area contributed by atoms with Crippen LogP contribution in [-0.2, 0) is 4.41 Å². The van der Waals surface area contributed by atoms with Gasteiger partial charge in [0, 0.05) is 0 Å². The first kappa shape index (κ1) is 16.4. The normalized spacial score (nSPS) is 14.1. The van der Waals surface area contributed by atoms with E-state index >= 15 is 0 Å². The summed E-state index contributed by atoms with van der Waals surface area (Å²) < 4.78 is 13.5. The van der Waals surface area contributed by atoms with Crippen LogP contribution in [0.4, 0.5) is 0 Å². The summed E-state index contributed by atoms with van der Waals surface area (Å²) in [7, 11) is 0. The zero-order valence-corrected chi connectivity index (χ0v) is 16.7. The maximum atomic E-state index is 9.05. The van der Waals surface area contributed by atoms with Gasteiger partial charge in [0.25, 0.3) is 0 Å². The van der Waals surface area contributed by atoms with Crippen molar-refractivity contribution in [2.45, 2.75) is 77.0 Å². The molecule has 0 nitrogen and oxygen atoms in total. The summed E-state index contributed by atoms with van der Waals surface area (Å²) in [6, 6.07) is 10.7. The van der Waals surface area contributed by atoms with Crippen LogP contribution in [0.25, 0.3) is 0 Å². The zero-order valence-electron chi connectivity index (χ0n) is 14.8. The van der Waals surface area contributed by atoms with Crippen molar-refractivity contribution < 1.29 is 1.37 Å². The number of benzene rings is 1. The molecule has 0 radical (unpaired) electrons. The van der Waals surface area contributed by atoms with E-state index in [2.05, 4.69) is 51.1 Å². The van der Waals surface area contributed by atoms with Crippen molar-refractivity contribution in [3.8, 4) is 0 Å². The molecule has 1 aromatic rings. The van der Waals surface area contributed by atoms with Gasteiger partial charge in [0.15, 0.2) is 0 Å².